The highest BCUT2D eigenvalue weighted by molar-refractivity contribution is 9.10. The summed E-state index contributed by atoms with van der Waals surface area (Å²) in [5.74, 6) is 0. The molecule has 5 nitrogen and oxygen atoms in total. The monoisotopic (exact) mass is 415 g/mol. The van der Waals surface area contributed by atoms with E-state index in [1.165, 1.54) is 0 Å². The molecule has 130 valence electrons. The minimum absolute atomic E-state index is 0.735. The van der Waals surface area contributed by atoms with Gasteiger partial charge >= 0.3 is 0 Å². The van der Waals surface area contributed by atoms with Crippen LogP contribution in [-0.2, 0) is 0 Å². The Balaban J connectivity index is 2.03. The third-order valence-corrected chi connectivity index (χ3v) is 4.91. The number of rotatable bonds is 1. The maximum Gasteiger partial charge on any atom is 0.182 e. The van der Waals surface area contributed by atoms with Crippen LogP contribution in [0.25, 0.3) is 38.8 Å². The summed E-state index contributed by atoms with van der Waals surface area (Å²) in [5.41, 5.74) is 5.06. The third kappa shape index (κ3) is 2.84. The van der Waals surface area contributed by atoms with Crippen molar-refractivity contribution in [2.75, 3.05) is 0 Å². The average Bonchev–Trinajstić information content (AvgIpc) is 3.13. The van der Waals surface area contributed by atoms with Crippen molar-refractivity contribution in [2.24, 2.45) is 0 Å². The van der Waals surface area contributed by atoms with E-state index in [9.17, 15) is 0 Å². The van der Waals surface area contributed by atoms with Crippen molar-refractivity contribution >= 4 is 43.5 Å². The minimum atomic E-state index is 0.735. The molecule has 27 heavy (non-hydrogen) atoms. The molecule has 0 amide bonds. The molecule has 0 unspecified atom stereocenters. The van der Waals surface area contributed by atoms with Gasteiger partial charge in [0.25, 0.3) is 0 Å². The predicted octanol–water partition coefficient (Wildman–Crippen LogP) is 5.31. The molecule has 0 atom stereocenters. The molecule has 0 saturated carbocycles. The van der Waals surface area contributed by atoms with Crippen LogP contribution in [0.3, 0.4) is 0 Å². The van der Waals surface area contributed by atoms with E-state index >= 15 is 0 Å². The van der Waals surface area contributed by atoms with Crippen LogP contribution in [0.5, 0.6) is 0 Å². The van der Waals surface area contributed by atoms with Crippen LogP contribution in [0.4, 0.5) is 0 Å². The first kappa shape index (κ1) is 16.0. The largest absolute Gasteiger partial charge is 0.254 e. The van der Waals surface area contributed by atoms with E-state index in [0.717, 1.165) is 43.3 Å². The maximum absolute atomic E-state index is 4.94. The lowest BCUT2D eigenvalue weighted by atomic mass is 10.1. The summed E-state index contributed by atoms with van der Waals surface area (Å²) in [6, 6.07) is 24.0. The second-order valence-corrected chi connectivity index (χ2v) is 7.06. The Hall–Kier alpha value is -3.25. The van der Waals surface area contributed by atoms with Crippen LogP contribution < -0.4 is 0 Å². The van der Waals surface area contributed by atoms with Gasteiger partial charge in [0, 0.05) is 21.6 Å². The van der Waals surface area contributed by atoms with Gasteiger partial charge in [-0.3, -0.25) is 4.98 Å². The van der Waals surface area contributed by atoms with E-state index in [1.807, 2.05) is 83.5 Å². The Bertz CT molecular complexity index is 1340. The third-order valence-electron chi connectivity index (χ3n) is 4.42. The summed E-state index contributed by atoms with van der Waals surface area (Å²) in [7, 11) is 0. The standard InChI is InChI=1S/C21H14BrN5/c22-16-10-11-17-18(12-16)24-21-20(14-6-2-1-3-7-14)25-26-27(21)19-9-5-4-8-15(19)13-23-17/h1-13,26H. The maximum atomic E-state index is 4.94. The molecule has 0 spiro atoms. The highest BCUT2D eigenvalue weighted by Crippen LogP contribution is 2.24. The van der Waals surface area contributed by atoms with Crippen LogP contribution in [0, 0.1) is 0 Å². The topological polar surface area (TPSA) is 58.9 Å². The fourth-order valence-corrected chi connectivity index (χ4v) is 3.46. The second-order valence-electron chi connectivity index (χ2n) is 6.15. The first-order valence-electron chi connectivity index (χ1n) is 8.50. The molecular weight excluding hydrogens is 402 g/mol. The molecule has 3 aromatic carbocycles. The van der Waals surface area contributed by atoms with Crippen LogP contribution in [0.15, 0.2) is 83.5 Å². The van der Waals surface area contributed by atoms with E-state index < -0.39 is 0 Å². The van der Waals surface area contributed by atoms with Gasteiger partial charge in [0.15, 0.2) is 5.65 Å². The first-order valence-corrected chi connectivity index (χ1v) is 9.29. The summed E-state index contributed by atoms with van der Waals surface area (Å²) >= 11 is 3.54. The number of hydrogen-bond acceptors (Lipinski definition) is 3. The number of hydrogen-bond donors (Lipinski definition) is 1. The lowest BCUT2D eigenvalue weighted by molar-refractivity contribution is 0.880. The smallest absolute Gasteiger partial charge is 0.182 e. The van der Waals surface area contributed by atoms with Crippen molar-refractivity contribution < 1.29 is 0 Å². The van der Waals surface area contributed by atoms with Gasteiger partial charge in [-0.1, -0.05) is 64.5 Å². The molecule has 5 rings (SSSR count). The van der Waals surface area contributed by atoms with Gasteiger partial charge in [0.05, 0.1) is 16.6 Å². The molecule has 6 heteroatoms. The molecule has 0 aliphatic heterocycles. The van der Waals surface area contributed by atoms with Gasteiger partial charge in [-0.25, -0.2) is 14.7 Å². The number of nitrogens with zero attached hydrogens (tertiary/aromatic N) is 4. The quantitative estimate of drug-likeness (QED) is 0.403. The molecule has 0 bridgehead atoms. The molecule has 2 aromatic heterocycles. The molecule has 0 aliphatic rings. The highest BCUT2D eigenvalue weighted by atomic mass is 79.9. The molecular formula is C21H14BrN5. The van der Waals surface area contributed by atoms with Crippen molar-refractivity contribution in [3.63, 3.8) is 0 Å². The number of halogens is 1. The van der Waals surface area contributed by atoms with Crippen molar-refractivity contribution in [1.29, 1.82) is 0 Å². The molecule has 0 radical (unpaired) electrons. The number of aromatic amines is 1. The number of para-hydroxylation sites is 1. The number of nitrogens with one attached hydrogen (secondary N) is 1. The van der Waals surface area contributed by atoms with E-state index in [0.29, 0.717) is 0 Å². The van der Waals surface area contributed by atoms with Gasteiger partial charge in [0.2, 0.25) is 0 Å². The van der Waals surface area contributed by atoms with Gasteiger partial charge < -0.3 is 0 Å². The Morgan fingerprint density at radius 1 is 0.852 bits per heavy atom. The Morgan fingerprint density at radius 2 is 1.67 bits per heavy atom. The lowest BCUT2D eigenvalue weighted by Gasteiger charge is -1.98. The van der Waals surface area contributed by atoms with Gasteiger partial charge in [-0.05, 0) is 24.3 Å². The second kappa shape index (κ2) is 6.48. The normalized spacial score (nSPS) is 11.1. The van der Waals surface area contributed by atoms with Crippen LogP contribution in [-0.4, -0.2) is 24.8 Å². The number of aromatic nitrogens is 5. The van der Waals surface area contributed by atoms with Gasteiger partial charge in [0.1, 0.15) is 5.69 Å². The number of H-pyrrole nitrogens is 1. The average molecular weight is 416 g/mol. The molecule has 0 fully saturated rings. The van der Waals surface area contributed by atoms with E-state index in [4.69, 9.17) is 4.98 Å². The zero-order valence-corrected chi connectivity index (χ0v) is 15.8. The summed E-state index contributed by atoms with van der Waals surface area (Å²) in [6.07, 6.45) is 1.86. The molecule has 1 N–H and O–H groups in total. The molecule has 5 aromatic rings. The lowest BCUT2D eigenvalue weighted by Crippen LogP contribution is -1.89. The van der Waals surface area contributed by atoms with Crippen molar-refractivity contribution in [1.82, 2.24) is 24.8 Å². The number of fused-ring (bicyclic) bond motifs is 4. The van der Waals surface area contributed by atoms with Crippen LogP contribution in [0.1, 0.15) is 0 Å². The Kier molecular flexibility index (Phi) is 3.83. The summed E-state index contributed by atoms with van der Waals surface area (Å²) in [5, 5.41) is 8.67. The molecule has 0 aliphatic carbocycles. The van der Waals surface area contributed by atoms with Crippen molar-refractivity contribution in [3.05, 3.63) is 83.5 Å². The molecule has 2 heterocycles. The summed E-state index contributed by atoms with van der Waals surface area (Å²) < 4.78 is 2.85. The SMILES string of the molecule is Brc1ccc2ncc3ccccc3n3[nH]nc(-c4ccccc4)c3nc2c1. The fourth-order valence-electron chi connectivity index (χ4n) is 3.11. The summed E-state index contributed by atoms with van der Waals surface area (Å²) in [4.78, 5) is 9.61. The van der Waals surface area contributed by atoms with E-state index in [2.05, 4.69) is 31.2 Å². The van der Waals surface area contributed by atoms with Crippen molar-refractivity contribution in [2.45, 2.75) is 0 Å². The number of benzene rings is 3. The predicted molar refractivity (Wildman–Crippen MR) is 111 cm³/mol. The zero-order chi connectivity index (χ0) is 18.2. The Labute approximate surface area is 163 Å². The van der Waals surface area contributed by atoms with Crippen molar-refractivity contribution in [3.8, 4) is 11.3 Å². The zero-order valence-electron chi connectivity index (χ0n) is 14.2. The van der Waals surface area contributed by atoms with Gasteiger partial charge in [-0.2, -0.15) is 5.10 Å². The summed E-state index contributed by atoms with van der Waals surface area (Å²) in [6.45, 7) is 0. The highest BCUT2D eigenvalue weighted by Gasteiger charge is 2.10. The van der Waals surface area contributed by atoms with Gasteiger partial charge in [-0.15, -0.1) is 0 Å². The minimum Gasteiger partial charge on any atom is -0.254 e. The first-order chi connectivity index (χ1) is 13.3. The van der Waals surface area contributed by atoms with Crippen LogP contribution in [0.2, 0.25) is 0 Å². The Morgan fingerprint density at radius 3 is 2.56 bits per heavy atom. The fraction of sp³-hybridized carbons (Fsp3) is 0. The van der Waals surface area contributed by atoms with Crippen LogP contribution >= 0.6 is 15.9 Å². The van der Waals surface area contributed by atoms with E-state index in [-0.39, 0.29) is 0 Å². The van der Waals surface area contributed by atoms with E-state index in [1.54, 1.807) is 0 Å². The molecule has 0 saturated heterocycles.